The molecule has 1 aliphatic rings. The van der Waals surface area contributed by atoms with Crippen LogP contribution in [-0.2, 0) is 9.59 Å². The van der Waals surface area contributed by atoms with Gasteiger partial charge in [0.05, 0.1) is 0 Å². The average Bonchev–Trinajstić information content (AvgIpc) is 2.54. The van der Waals surface area contributed by atoms with Crippen LogP contribution < -0.4 is 5.32 Å². The van der Waals surface area contributed by atoms with E-state index in [1.54, 1.807) is 0 Å². The van der Waals surface area contributed by atoms with Gasteiger partial charge in [-0.2, -0.15) is 11.8 Å². The molecule has 0 spiro atoms. The lowest BCUT2D eigenvalue weighted by Gasteiger charge is -2.34. The second-order valence-corrected chi connectivity index (χ2v) is 6.49. The van der Waals surface area contributed by atoms with Gasteiger partial charge in [-0.25, -0.2) is 0 Å². The van der Waals surface area contributed by atoms with E-state index in [1.165, 1.54) is 0 Å². The summed E-state index contributed by atoms with van der Waals surface area (Å²) in [5.41, 5.74) is -0.684. The van der Waals surface area contributed by atoms with Crippen molar-refractivity contribution in [3.05, 3.63) is 0 Å². The van der Waals surface area contributed by atoms with Gasteiger partial charge >= 0.3 is 0 Å². The molecule has 5 heteroatoms. The lowest BCUT2D eigenvalue weighted by atomic mass is 9.91. The summed E-state index contributed by atoms with van der Waals surface area (Å²) in [6, 6.07) is 0. The molecule has 0 radical (unpaired) electrons. The van der Waals surface area contributed by atoms with Gasteiger partial charge in [0.2, 0.25) is 11.8 Å². The Morgan fingerprint density at radius 3 is 2.53 bits per heavy atom. The van der Waals surface area contributed by atoms with Crippen molar-refractivity contribution < 1.29 is 9.59 Å². The van der Waals surface area contributed by atoms with Gasteiger partial charge < -0.3 is 10.2 Å². The largest absolute Gasteiger partial charge is 0.342 e. The minimum Gasteiger partial charge on any atom is -0.342 e. The Labute approximate surface area is 120 Å². The third-order valence-electron chi connectivity index (χ3n) is 4.10. The smallest absolute Gasteiger partial charge is 0.248 e. The lowest BCUT2D eigenvalue weighted by molar-refractivity contribution is -0.139. The number of carbonyl (C=O) groups is 2. The van der Waals surface area contributed by atoms with Crippen molar-refractivity contribution >= 4 is 23.6 Å². The van der Waals surface area contributed by atoms with E-state index < -0.39 is 5.54 Å². The zero-order valence-corrected chi connectivity index (χ0v) is 13.3. The topological polar surface area (TPSA) is 49.4 Å². The molecule has 4 nitrogen and oxygen atoms in total. The van der Waals surface area contributed by atoms with Crippen molar-refractivity contribution in [1.82, 2.24) is 10.2 Å². The van der Waals surface area contributed by atoms with Crippen molar-refractivity contribution in [3.63, 3.8) is 0 Å². The number of rotatable bonds is 6. The van der Waals surface area contributed by atoms with Crippen molar-refractivity contribution in [3.8, 4) is 0 Å². The number of amides is 2. The number of nitrogens with one attached hydrogen (secondary N) is 1. The van der Waals surface area contributed by atoms with E-state index in [2.05, 4.69) is 18.5 Å². The highest BCUT2D eigenvalue weighted by molar-refractivity contribution is 7.99. The first-order valence-corrected chi connectivity index (χ1v) is 8.41. The fourth-order valence-corrected chi connectivity index (χ4v) is 2.76. The first kappa shape index (κ1) is 16.3. The molecule has 19 heavy (non-hydrogen) atoms. The van der Waals surface area contributed by atoms with Crippen LogP contribution >= 0.6 is 11.8 Å². The second kappa shape index (κ2) is 7.17. The van der Waals surface area contributed by atoms with Crippen molar-refractivity contribution in [2.45, 2.75) is 57.2 Å². The Morgan fingerprint density at radius 2 is 2.00 bits per heavy atom. The first-order chi connectivity index (χ1) is 8.99. The van der Waals surface area contributed by atoms with Crippen LogP contribution in [0.2, 0.25) is 0 Å². The summed E-state index contributed by atoms with van der Waals surface area (Å²) in [4.78, 5) is 26.4. The van der Waals surface area contributed by atoms with Crippen molar-refractivity contribution in [2.24, 2.45) is 0 Å². The molecule has 1 heterocycles. The molecule has 0 aromatic rings. The second-order valence-electron chi connectivity index (χ2n) is 5.21. The van der Waals surface area contributed by atoms with Gasteiger partial charge in [-0.1, -0.05) is 20.8 Å². The lowest BCUT2D eigenvalue weighted by Crippen LogP contribution is -2.56. The van der Waals surface area contributed by atoms with Crippen LogP contribution in [0.25, 0.3) is 0 Å². The minimum absolute atomic E-state index is 0.00235. The van der Waals surface area contributed by atoms with Gasteiger partial charge in [0.15, 0.2) is 0 Å². The van der Waals surface area contributed by atoms with E-state index in [0.29, 0.717) is 31.1 Å². The van der Waals surface area contributed by atoms with Crippen LogP contribution in [0.5, 0.6) is 0 Å². The highest BCUT2D eigenvalue weighted by atomic mass is 32.2. The fourth-order valence-electron chi connectivity index (χ4n) is 2.42. The van der Waals surface area contributed by atoms with Crippen LogP contribution in [-0.4, -0.2) is 46.8 Å². The van der Waals surface area contributed by atoms with Gasteiger partial charge in [-0.15, -0.1) is 0 Å². The Morgan fingerprint density at radius 1 is 1.37 bits per heavy atom. The molecule has 1 fully saturated rings. The summed E-state index contributed by atoms with van der Waals surface area (Å²) in [6.45, 7) is 7.40. The number of thioether (sulfide) groups is 1. The van der Waals surface area contributed by atoms with Gasteiger partial charge in [0.1, 0.15) is 5.54 Å². The number of hydrogen-bond donors (Lipinski definition) is 1. The molecule has 0 aromatic carbocycles. The number of hydrogen-bond acceptors (Lipinski definition) is 3. The van der Waals surface area contributed by atoms with Gasteiger partial charge in [-0.3, -0.25) is 9.59 Å². The Balaban J connectivity index is 2.81. The Kier molecular flexibility index (Phi) is 6.17. The third kappa shape index (κ3) is 3.88. The summed E-state index contributed by atoms with van der Waals surface area (Å²) in [5, 5.41) is 3.48. The van der Waals surface area contributed by atoms with Crippen molar-refractivity contribution in [2.75, 3.05) is 19.3 Å². The molecule has 0 saturated carbocycles. The molecule has 110 valence electrons. The predicted octanol–water partition coefficient (Wildman–Crippen LogP) is 2.04. The monoisotopic (exact) mass is 286 g/mol. The quantitative estimate of drug-likeness (QED) is 0.813. The molecular weight excluding hydrogens is 260 g/mol. The van der Waals surface area contributed by atoms with Crippen LogP contribution in [0.15, 0.2) is 0 Å². The average molecular weight is 286 g/mol. The van der Waals surface area contributed by atoms with E-state index in [0.717, 1.165) is 13.0 Å². The van der Waals surface area contributed by atoms with E-state index in [-0.39, 0.29) is 11.8 Å². The summed E-state index contributed by atoms with van der Waals surface area (Å²) >= 11 is 1.81. The van der Waals surface area contributed by atoms with Gasteiger partial charge in [-0.05, 0) is 25.5 Å². The van der Waals surface area contributed by atoms with E-state index in [4.69, 9.17) is 0 Å². The highest BCUT2D eigenvalue weighted by Gasteiger charge is 2.41. The molecule has 1 unspecified atom stereocenters. The zero-order chi connectivity index (χ0) is 14.5. The Hall–Kier alpha value is -0.710. The molecule has 1 rings (SSSR count). The zero-order valence-electron chi connectivity index (χ0n) is 12.5. The predicted molar refractivity (Wildman–Crippen MR) is 80.2 cm³/mol. The maximum atomic E-state index is 12.7. The molecule has 1 saturated heterocycles. The maximum absolute atomic E-state index is 12.7. The number of nitrogens with zero attached hydrogens (tertiary/aromatic N) is 1. The highest BCUT2D eigenvalue weighted by Crippen LogP contribution is 2.22. The molecule has 0 bridgehead atoms. The minimum atomic E-state index is -0.684. The third-order valence-corrected chi connectivity index (χ3v) is 5.14. The first-order valence-electron chi connectivity index (χ1n) is 7.12. The summed E-state index contributed by atoms with van der Waals surface area (Å²) in [6.07, 6.45) is 4.79. The summed E-state index contributed by atoms with van der Waals surface area (Å²) < 4.78 is 0. The Bertz CT molecular complexity index is 329. The normalized spacial score (nSPS) is 20.9. The van der Waals surface area contributed by atoms with E-state index in [9.17, 15) is 9.59 Å². The SMILES string of the molecule is CCC1(CC)NC(=O)CCN(CCC(C)SC)C1=O. The molecule has 0 aliphatic carbocycles. The molecule has 2 amide bonds. The molecule has 0 aromatic heterocycles. The maximum Gasteiger partial charge on any atom is 0.248 e. The molecular formula is C14H26N2O2S. The van der Waals surface area contributed by atoms with E-state index >= 15 is 0 Å². The van der Waals surface area contributed by atoms with Gasteiger partial charge in [0.25, 0.3) is 0 Å². The summed E-state index contributed by atoms with van der Waals surface area (Å²) in [7, 11) is 0. The van der Waals surface area contributed by atoms with Crippen LogP contribution in [0.4, 0.5) is 0 Å². The number of carbonyl (C=O) groups excluding carboxylic acids is 2. The standard InChI is InChI=1S/C14H26N2O2S/c1-5-14(6-2)13(18)16(9-7-11(3)19-4)10-8-12(17)15-14/h11H,5-10H2,1-4H3,(H,15,17). The van der Waals surface area contributed by atoms with E-state index in [1.807, 2.05) is 30.5 Å². The molecule has 1 aliphatic heterocycles. The molecule has 1 atom stereocenters. The summed E-state index contributed by atoms with van der Waals surface area (Å²) in [5.74, 6) is 0.0918. The van der Waals surface area contributed by atoms with Gasteiger partial charge in [0, 0.05) is 24.8 Å². The fraction of sp³-hybridized carbons (Fsp3) is 0.857. The van der Waals surface area contributed by atoms with Crippen LogP contribution in [0.1, 0.15) is 46.5 Å². The van der Waals surface area contributed by atoms with Crippen molar-refractivity contribution in [1.29, 1.82) is 0 Å². The van der Waals surface area contributed by atoms with Crippen LogP contribution in [0, 0.1) is 0 Å². The van der Waals surface area contributed by atoms with Crippen LogP contribution in [0.3, 0.4) is 0 Å². The molecule has 1 N–H and O–H groups in total.